The summed E-state index contributed by atoms with van der Waals surface area (Å²) in [4.78, 5) is 4.79. The number of nitrogens with zero attached hydrogens (tertiary/aromatic N) is 4. The standard InChI is InChI=1S/C15H19N5/c1-4-20-14-6-5-11(8-16)7-13(14)18-15(20)12-9-17-19(3)10(12)2/h5-7,9H,4,8,16H2,1-3H3. The molecule has 104 valence electrons. The van der Waals surface area contributed by atoms with E-state index in [9.17, 15) is 0 Å². The summed E-state index contributed by atoms with van der Waals surface area (Å²) in [6, 6.07) is 6.23. The van der Waals surface area contributed by atoms with Gasteiger partial charge < -0.3 is 10.3 Å². The molecule has 0 fully saturated rings. The van der Waals surface area contributed by atoms with E-state index in [1.807, 2.05) is 17.9 Å². The molecule has 1 aromatic carbocycles. The smallest absolute Gasteiger partial charge is 0.144 e. The van der Waals surface area contributed by atoms with Crippen molar-refractivity contribution in [2.45, 2.75) is 26.9 Å². The second kappa shape index (κ2) is 4.76. The first-order valence-electron chi connectivity index (χ1n) is 6.84. The summed E-state index contributed by atoms with van der Waals surface area (Å²) in [6.45, 7) is 5.61. The van der Waals surface area contributed by atoms with Crippen LogP contribution in [0.4, 0.5) is 0 Å². The quantitative estimate of drug-likeness (QED) is 0.793. The Labute approximate surface area is 118 Å². The van der Waals surface area contributed by atoms with E-state index in [-0.39, 0.29) is 0 Å². The Hall–Kier alpha value is -2.14. The maximum atomic E-state index is 5.71. The third-order valence-electron chi connectivity index (χ3n) is 3.84. The molecular weight excluding hydrogens is 250 g/mol. The molecule has 3 rings (SSSR count). The predicted molar refractivity (Wildman–Crippen MR) is 80.2 cm³/mol. The summed E-state index contributed by atoms with van der Waals surface area (Å²) in [5, 5.41) is 4.32. The maximum absolute atomic E-state index is 5.71. The average Bonchev–Trinajstić information content (AvgIpc) is 2.98. The van der Waals surface area contributed by atoms with Crippen molar-refractivity contribution in [3.05, 3.63) is 35.7 Å². The van der Waals surface area contributed by atoms with Crippen LogP contribution < -0.4 is 5.73 Å². The molecule has 0 saturated heterocycles. The summed E-state index contributed by atoms with van der Waals surface area (Å²) >= 11 is 0. The minimum absolute atomic E-state index is 0.538. The number of nitrogens with two attached hydrogens (primary N) is 1. The molecule has 2 N–H and O–H groups in total. The van der Waals surface area contributed by atoms with Crippen LogP contribution in [0.2, 0.25) is 0 Å². The van der Waals surface area contributed by atoms with Gasteiger partial charge in [0.2, 0.25) is 0 Å². The highest BCUT2D eigenvalue weighted by molar-refractivity contribution is 5.81. The van der Waals surface area contributed by atoms with E-state index >= 15 is 0 Å². The summed E-state index contributed by atoms with van der Waals surface area (Å²) in [5.74, 6) is 0.974. The first-order chi connectivity index (χ1) is 9.65. The normalized spacial score (nSPS) is 11.4. The van der Waals surface area contributed by atoms with Gasteiger partial charge in [-0.2, -0.15) is 5.10 Å². The molecule has 5 heteroatoms. The van der Waals surface area contributed by atoms with E-state index in [2.05, 4.69) is 41.7 Å². The molecule has 5 nitrogen and oxygen atoms in total. The van der Waals surface area contributed by atoms with E-state index in [0.717, 1.165) is 40.2 Å². The van der Waals surface area contributed by atoms with Gasteiger partial charge >= 0.3 is 0 Å². The molecule has 0 amide bonds. The van der Waals surface area contributed by atoms with Gasteiger partial charge in [0.05, 0.1) is 22.8 Å². The van der Waals surface area contributed by atoms with Gasteiger partial charge in [0.25, 0.3) is 0 Å². The van der Waals surface area contributed by atoms with Crippen LogP contribution in [-0.2, 0) is 20.1 Å². The number of aryl methyl sites for hydroxylation is 2. The molecule has 0 unspecified atom stereocenters. The minimum Gasteiger partial charge on any atom is -0.326 e. The van der Waals surface area contributed by atoms with Crippen molar-refractivity contribution in [3.8, 4) is 11.4 Å². The van der Waals surface area contributed by atoms with Crippen LogP contribution in [0.3, 0.4) is 0 Å². The molecule has 0 aliphatic heterocycles. The predicted octanol–water partition coefficient (Wildman–Crippen LogP) is 2.22. The second-order valence-electron chi connectivity index (χ2n) is 4.97. The molecule has 0 aliphatic carbocycles. The van der Waals surface area contributed by atoms with E-state index < -0.39 is 0 Å². The van der Waals surface area contributed by atoms with Crippen LogP contribution in [0.5, 0.6) is 0 Å². The maximum Gasteiger partial charge on any atom is 0.144 e. The Morgan fingerprint density at radius 2 is 2.10 bits per heavy atom. The fraction of sp³-hybridized carbons (Fsp3) is 0.333. The van der Waals surface area contributed by atoms with Crippen molar-refractivity contribution in [3.63, 3.8) is 0 Å². The van der Waals surface area contributed by atoms with Crippen LogP contribution in [-0.4, -0.2) is 19.3 Å². The number of aromatic nitrogens is 4. The van der Waals surface area contributed by atoms with Crippen molar-refractivity contribution in [1.29, 1.82) is 0 Å². The Morgan fingerprint density at radius 1 is 1.30 bits per heavy atom. The van der Waals surface area contributed by atoms with Gasteiger partial charge in [-0.1, -0.05) is 6.07 Å². The lowest BCUT2D eigenvalue weighted by Gasteiger charge is -2.05. The van der Waals surface area contributed by atoms with Crippen LogP contribution in [0.1, 0.15) is 18.2 Å². The highest BCUT2D eigenvalue weighted by atomic mass is 15.3. The van der Waals surface area contributed by atoms with Gasteiger partial charge in [-0.25, -0.2) is 4.98 Å². The minimum atomic E-state index is 0.538. The number of benzene rings is 1. The number of rotatable bonds is 3. The second-order valence-corrected chi connectivity index (χ2v) is 4.97. The molecule has 0 atom stereocenters. The van der Waals surface area contributed by atoms with Crippen molar-refractivity contribution in [2.75, 3.05) is 0 Å². The molecule has 2 aromatic heterocycles. The van der Waals surface area contributed by atoms with Crippen molar-refractivity contribution >= 4 is 11.0 Å². The van der Waals surface area contributed by atoms with Crippen LogP contribution >= 0.6 is 0 Å². The summed E-state index contributed by atoms with van der Waals surface area (Å²) in [7, 11) is 1.95. The Bertz CT molecular complexity index is 766. The number of hydrogen-bond donors (Lipinski definition) is 1. The largest absolute Gasteiger partial charge is 0.326 e. The third-order valence-corrected chi connectivity index (χ3v) is 3.84. The number of fused-ring (bicyclic) bond motifs is 1. The van der Waals surface area contributed by atoms with Gasteiger partial charge in [0, 0.05) is 25.8 Å². The fourth-order valence-electron chi connectivity index (χ4n) is 2.55. The highest BCUT2D eigenvalue weighted by Gasteiger charge is 2.15. The van der Waals surface area contributed by atoms with Gasteiger partial charge in [0.15, 0.2) is 0 Å². The molecule has 2 heterocycles. The van der Waals surface area contributed by atoms with E-state index in [1.165, 1.54) is 0 Å². The van der Waals surface area contributed by atoms with Gasteiger partial charge in [0.1, 0.15) is 5.82 Å². The Kier molecular flexibility index (Phi) is 3.06. The first-order valence-corrected chi connectivity index (χ1v) is 6.84. The molecular formula is C15H19N5. The number of imidazole rings is 1. The number of hydrogen-bond acceptors (Lipinski definition) is 3. The van der Waals surface area contributed by atoms with Crippen molar-refractivity contribution in [2.24, 2.45) is 12.8 Å². The molecule has 0 saturated carbocycles. The zero-order valence-electron chi connectivity index (χ0n) is 12.1. The van der Waals surface area contributed by atoms with E-state index in [0.29, 0.717) is 6.54 Å². The van der Waals surface area contributed by atoms with Gasteiger partial charge in [-0.15, -0.1) is 0 Å². The topological polar surface area (TPSA) is 61.7 Å². The Balaban J connectivity index is 2.27. The van der Waals surface area contributed by atoms with Crippen LogP contribution in [0.25, 0.3) is 22.4 Å². The van der Waals surface area contributed by atoms with Crippen LogP contribution in [0.15, 0.2) is 24.4 Å². The van der Waals surface area contributed by atoms with Gasteiger partial charge in [-0.05, 0) is 31.5 Å². The molecule has 0 spiro atoms. The summed E-state index contributed by atoms with van der Waals surface area (Å²) < 4.78 is 4.10. The van der Waals surface area contributed by atoms with Gasteiger partial charge in [-0.3, -0.25) is 4.68 Å². The molecule has 0 radical (unpaired) electrons. The van der Waals surface area contributed by atoms with Crippen LogP contribution in [0, 0.1) is 6.92 Å². The zero-order chi connectivity index (χ0) is 14.3. The third kappa shape index (κ3) is 1.82. The van der Waals surface area contributed by atoms with Crippen molar-refractivity contribution < 1.29 is 0 Å². The fourth-order valence-corrected chi connectivity index (χ4v) is 2.55. The molecule has 3 aromatic rings. The Morgan fingerprint density at radius 3 is 2.70 bits per heavy atom. The molecule has 0 bridgehead atoms. The SMILES string of the molecule is CCn1c(-c2cnn(C)c2C)nc2cc(CN)ccc21. The molecule has 20 heavy (non-hydrogen) atoms. The lowest BCUT2D eigenvalue weighted by molar-refractivity contribution is 0.739. The van der Waals surface area contributed by atoms with Crippen molar-refractivity contribution in [1.82, 2.24) is 19.3 Å². The lowest BCUT2D eigenvalue weighted by Crippen LogP contribution is -1.99. The van der Waals surface area contributed by atoms with E-state index in [4.69, 9.17) is 10.7 Å². The zero-order valence-corrected chi connectivity index (χ0v) is 12.1. The highest BCUT2D eigenvalue weighted by Crippen LogP contribution is 2.27. The summed E-state index contributed by atoms with van der Waals surface area (Å²) in [5.41, 5.74) is 11.2. The monoisotopic (exact) mass is 269 g/mol. The molecule has 0 aliphatic rings. The average molecular weight is 269 g/mol. The summed E-state index contributed by atoms with van der Waals surface area (Å²) in [6.07, 6.45) is 1.88. The van der Waals surface area contributed by atoms with E-state index in [1.54, 1.807) is 0 Å². The lowest BCUT2D eigenvalue weighted by atomic mass is 10.2. The first kappa shape index (κ1) is 12.9.